The van der Waals surface area contributed by atoms with Crippen LogP contribution in [0.5, 0.6) is 0 Å². The van der Waals surface area contributed by atoms with E-state index in [4.69, 9.17) is 4.74 Å². The van der Waals surface area contributed by atoms with Gasteiger partial charge in [-0.05, 0) is 45.7 Å². The van der Waals surface area contributed by atoms with Gasteiger partial charge in [0.15, 0.2) is 0 Å². The first-order chi connectivity index (χ1) is 10.8. The van der Waals surface area contributed by atoms with E-state index in [9.17, 15) is 14.4 Å². The molecule has 0 bridgehead atoms. The molecule has 1 atom stereocenters. The average molecular weight is 326 g/mol. The second kappa shape index (κ2) is 9.01. The summed E-state index contributed by atoms with van der Waals surface area (Å²) >= 11 is 0. The van der Waals surface area contributed by atoms with Gasteiger partial charge in [-0.2, -0.15) is 0 Å². The Kier molecular flexibility index (Phi) is 7.68. The van der Waals surface area contributed by atoms with E-state index in [0.717, 1.165) is 25.8 Å². The average Bonchev–Trinajstić information content (AvgIpc) is 2.57. The van der Waals surface area contributed by atoms with Gasteiger partial charge < -0.3 is 15.0 Å². The Labute approximate surface area is 138 Å². The highest BCUT2D eigenvalue weighted by Gasteiger charge is 2.40. The molecule has 1 amide bonds. The SMILES string of the molecule is CCC(C)(C)C(=O)C(=O)N1CCCCC1C(=O)OCCCNC. The number of ketones is 1. The lowest BCUT2D eigenvalue weighted by molar-refractivity contribution is -0.161. The molecule has 1 unspecified atom stereocenters. The first-order valence-corrected chi connectivity index (χ1v) is 8.51. The van der Waals surface area contributed by atoms with E-state index >= 15 is 0 Å². The number of hydrogen-bond acceptors (Lipinski definition) is 5. The van der Waals surface area contributed by atoms with Crippen molar-refractivity contribution in [3.8, 4) is 0 Å². The third-order valence-electron chi connectivity index (χ3n) is 4.54. The molecule has 0 spiro atoms. The van der Waals surface area contributed by atoms with Crippen LogP contribution in [0.4, 0.5) is 0 Å². The Morgan fingerprint density at radius 3 is 2.57 bits per heavy atom. The zero-order chi connectivity index (χ0) is 17.5. The number of amides is 1. The van der Waals surface area contributed by atoms with Crippen molar-refractivity contribution in [2.45, 2.75) is 58.9 Å². The van der Waals surface area contributed by atoms with Crippen molar-refractivity contribution in [3.05, 3.63) is 0 Å². The number of carbonyl (C=O) groups excluding carboxylic acids is 3. The van der Waals surface area contributed by atoms with Gasteiger partial charge in [0.25, 0.3) is 5.91 Å². The molecule has 1 N–H and O–H groups in total. The fourth-order valence-corrected chi connectivity index (χ4v) is 2.52. The Morgan fingerprint density at radius 1 is 1.26 bits per heavy atom. The number of carbonyl (C=O) groups is 3. The molecule has 0 saturated carbocycles. The number of piperidine rings is 1. The molecule has 0 aliphatic carbocycles. The van der Waals surface area contributed by atoms with E-state index in [1.807, 2.05) is 14.0 Å². The van der Waals surface area contributed by atoms with Gasteiger partial charge in [-0.1, -0.05) is 20.8 Å². The van der Waals surface area contributed by atoms with Crippen molar-refractivity contribution in [2.24, 2.45) is 5.41 Å². The molecule has 6 heteroatoms. The molecule has 1 rings (SSSR count). The van der Waals surface area contributed by atoms with E-state index in [2.05, 4.69) is 5.32 Å². The third-order valence-corrected chi connectivity index (χ3v) is 4.54. The fraction of sp³-hybridized carbons (Fsp3) is 0.824. The molecule has 1 aliphatic rings. The highest BCUT2D eigenvalue weighted by molar-refractivity contribution is 6.38. The van der Waals surface area contributed by atoms with Crippen LogP contribution in [-0.4, -0.2) is 55.3 Å². The van der Waals surface area contributed by atoms with Crippen molar-refractivity contribution in [3.63, 3.8) is 0 Å². The Balaban J connectivity index is 2.72. The van der Waals surface area contributed by atoms with Crippen LogP contribution in [0, 0.1) is 5.41 Å². The summed E-state index contributed by atoms with van der Waals surface area (Å²) in [5.74, 6) is -1.36. The molecular weight excluding hydrogens is 296 g/mol. The third kappa shape index (κ3) is 5.30. The van der Waals surface area contributed by atoms with Crippen LogP contribution in [0.2, 0.25) is 0 Å². The van der Waals surface area contributed by atoms with E-state index in [-0.39, 0.29) is 0 Å². The summed E-state index contributed by atoms with van der Waals surface area (Å²) in [6.45, 7) is 6.95. The fourth-order valence-electron chi connectivity index (χ4n) is 2.52. The lowest BCUT2D eigenvalue weighted by atomic mass is 9.84. The van der Waals surface area contributed by atoms with Gasteiger partial charge in [0.1, 0.15) is 6.04 Å². The summed E-state index contributed by atoms with van der Waals surface area (Å²) < 4.78 is 5.27. The summed E-state index contributed by atoms with van der Waals surface area (Å²) in [5.41, 5.74) is -0.699. The van der Waals surface area contributed by atoms with E-state index in [1.165, 1.54) is 4.90 Å². The Bertz CT molecular complexity index is 434. The molecule has 132 valence electrons. The second-order valence-corrected chi connectivity index (χ2v) is 6.70. The van der Waals surface area contributed by atoms with Crippen molar-refractivity contribution in [2.75, 3.05) is 26.7 Å². The number of hydrogen-bond donors (Lipinski definition) is 1. The van der Waals surface area contributed by atoms with E-state index < -0.39 is 29.1 Å². The predicted molar refractivity (Wildman–Crippen MR) is 87.9 cm³/mol. The zero-order valence-corrected chi connectivity index (χ0v) is 14.8. The summed E-state index contributed by atoms with van der Waals surface area (Å²) in [4.78, 5) is 38.7. The van der Waals surface area contributed by atoms with Crippen LogP contribution < -0.4 is 5.32 Å². The first-order valence-electron chi connectivity index (χ1n) is 8.51. The van der Waals surface area contributed by atoms with Crippen LogP contribution in [-0.2, 0) is 19.1 Å². The Morgan fingerprint density at radius 2 is 1.96 bits per heavy atom. The van der Waals surface area contributed by atoms with Crippen molar-refractivity contribution in [1.29, 1.82) is 0 Å². The van der Waals surface area contributed by atoms with Gasteiger partial charge in [-0.15, -0.1) is 0 Å². The maximum absolute atomic E-state index is 12.6. The largest absolute Gasteiger partial charge is 0.464 e. The van der Waals surface area contributed by atoms with Gasteiger partial charge >= 0.3 is 5.97 Å². The Hall–Kier alpha value is -1.43. The van der Waals surface area contributed by atoms with Gasteiger partial charge in [0.05, 0.1) is 6.61 Å². The minimum absolute atomic E-state index is 0.326. The van der Waals surface area contributed by atoms with Crippen LogP contribution in [0.15, 0.2) is 0 Å². The monoisotopic (exact) mass is 326 g/mol. The normalized spacial score (nSPS) is 18.6. The highest BCUT2D eigenvalue weighted by atomic mass is 16.5. The minimum atomic E-state index is -0.699. The number of ether oxygens (including phenoxy) is 1. The summed E-state index contributed by atoms with van der Waals surface area (Å²) in [7, 11) is 1.84. The lowest BCUT2D eigenvalue weighted by Crippen LogP contribution is -2.53. The van der Waals surface area contributed by atoms with E-state index in [0.29, 0.717) is 26.0 Å². The summed E-state index contributed by atoms with van der Waals surface area (Å²) in [5, 5.41) is 2.99. The van der Waals surface area contributed by atoms with Crippen LogP contribution >= 0.6 is 0 Å². The zero-order valence-electron chi connectivity index (χ0n) is 14.8. The number of nitrogens with zero attached hydrogens (tertiary/aromatic N) is 1. The molecule has 1 aliphatic heterocycles. The number of nitrogens with one attached hydrogen (secondary N) is 1. The van der Waals surface area contributed by atoms with Crippen LogP contribution in [0.25, 0.3) is 0 Å². The molecular formula is C17H30N2O4. The van der Waals surface area contributed by atoms with E-state index in [1.54, 1.807) is 13.8 Å². The minimum Gasteiger partial charge on any atom is -0.464 e. The maximum atomic E-state index is 12.6. The quantitative estimate of drug-likeness (QED) is 0.416. The van der Waals surface area contributed by atoms with Gasteiger partial charge in [-0.3, -0.25) is 9.59 Å². The number of likely N-dealkylation sites (tertiary alicyclic amines) is 1. The molecule has 23 heavy (non-hydrogen) atoms. The molecule has 0 aromatic rings. The number of Topliss-reactive ketones (excluding diaryl/α,β-unsaturated/α-hetero) is 1. The van der Waals surface area contributed by atoms with Crippen molar-refractivity contribution >= 4 is 17.7 Å². The molecule has 0 aromatic carbocycles. The van der Waals surface area contributed by atoms with Gasteiger partial charge in [0.2, 0.25) is 5.78 Å². The molecule has 0 aromatic heterocycles. The number of rotatable bonds is 8. The van der Waals surface area contributed by atoms with Crippen LogP contribution in [0.1, 0.15) is 52.9 Å². The standard InChI is InChI=1S/C17H30N2O4/c1-5-17(2,3)14(20)15(21)19-11-7-6-9-13(19)16(22)23-12-8-10-18-4/h13,18H,5-12H2,1-4H3. The van der Waals surface area contributed by atoms with Gasteiger partial charge in [0, 0.05) is 12.0 Å². The first kappa shape index (κ1) is 19.6. The molecule has 0 radical (unpaired) electrons. The van der Waals surface area contributed by atoms with Crippen LogP contribution in [0.3, 0.4) is 0 Å². The predicted octanol–water partition coefficient (Wildman–Crippen LogP) is 1.53. The lowest BCUT2D eigenvalue weighted by Gasteiger charge is -2.35. The smallest absolute Gasteiger partial charge is 0.328 e. The summed E-state index contributed by atoms with van der Waals surface area (Å²) in [6.07, 6.45) is 3.56. The molecule has 1 fully saturated rings. The van der Waals surface area contributed by atoms with Crippen molar-refractivity contribution in [1.82, 2.24) is 10.2 Å². The molecule has 6 nitrogen and oxygen atoms in total. The van der Waals surface area contributed by atoms with Crippen molar-refractivity contribution < 1.29 is 19.1 Å². The second-order valence-electron chi connectivity index (χ2n) is 6.70. The topological polar surface area (TPSA) is 75.7 Å². The summed E-state index contributed by atoms with van der Waals surface area (Å²) in [6, 6.07) is -0.623. The molecule has 1 saturated heterocycles. The number of esters is 1. The van der Waals surface area contributed by atoms with Gasteiger partial charge in [-0.25, -0.2) is 4.79 Å². The molecule has 1 heterocycles. The highest BCUT2D eigenvalue weighted by Crippen LogP contribution is 2.25. The maximum Gasteiger partial charge on any atom is 0.328 e.